The molecule has 0 fully saturated rings. The predicted octanol–water partition coefficient (Wildman–Crippen LogP) is 1.38. The van der Waals surface area contributed by atoms with Gasteiger partial charge in [-0.1, -0.05) is 6.92 Å². The molecule has 1 aromatic rings. The molecule has 0 aliphatic heterocycles. The van der Waals surface area contributed by atoms with Crippen molar-refractivity contribution in [3.8, 4) is 0 Å². The van der Waals surface area contributed by atoms with Crippen molar-refractivity contribution in [1.82, 2.24) is 15.1 Å². The van der Waals surface area contributed by atoms with Gasteiger partial charge in [0.1, 0.15) is 9.84 Å². The van der Waals surface area contributed by atoms with Crippen LogP contribution in [0.4, 0.5) is 0 Å². The van der Waals surface area contributed by atoms with Crippen LogP contribution < -0.4 is 5.32 Å². The maximum absolute atomic E-state index is 11.1. The molecule has 0 radical (unpaired) electrons. The molecule has 2 atom stereocenters. The molecule has 0 bridgehead atoms. The number of sulfone groups is 1. The fourth-order valence-electron chi connectivity index (χ4n) is 1.70. The summed E-state index contributed by atoms with van der Waals surface area (Å²) in [6, 6.07) is 2.30. The topological polar surface area (TPSA) is 64.0 Å². The minimum Gasteiger partial charge on any atom is -0.308 e. The molecular weight excluding hydrogens is 250 g/mol. The summed E-state index contributed by atoms with van der Waals surface area (Å²) in [6.07, 6.45) is 4.26. The molecule has 1 N–H and O–H groups in total. The molecule has 0 saturated heterocycles. The molecular formula is C12H23N3O2S. The van der Waals surface area contributed by atoms with Gasteiger partial charge in [-0.2, -0.15) is 5.10 Å². The molecule has 104 valence electrons. The summed E-state index contributed by atoms with van der Waals surface area (Å²) in [5.74, 6) is 0.152. The summed E-state index contributed by atoms with van der Waals surface area (Å²) in [5.41, 5.74) is 0.940. The molecule has 0 amide bonds. The van der Waals surface area contributed by atoms with Gasteiger partial charge in [-0.15, -0.1) is 0 Å². The van der Waals surface area contributed by atoms with Crippen LogP contribution in [0.5, 0.6) is 0 Å². The quantitative estimate of drug-likeness (QED) is 0.815. The van der Waals surface area contributed by atoms with E-state index >= 15 is 0 Å². The largest absolute Gasteiger partial charge is 0.308 e. The summed E-state index contributed by atoms with van der Waals surface area (Å²) in [4.78, 5) is 0. The van der Waals surface area contributed by atoms with Gasteiger partial charge in [-0.25, -0.2) is 8.42 Å². The highest BCUT2D eigenvalue weighted by molar-refractivity contribution is 7.90. The van der Waals surface area contributed by atoms with Crippen molar-refractivity contribution in [3.63, 3.8) is 0 Å². The van der Waals surface area contributed by atoms with Gasteiger partial charge in [-0.3, -0.25) is 4.68 Å². The van der Waals surface area contributed by atoms with E-state index in [1.807, 2.05) is 23.9 Å². The lowest BCUT2D eigenvalue weighted by atomic mass is 10.3. The predicted molar refractivity (Wildman–Crippen MR) is 73.2 cm³/mol. The number of aromatic nitrogens is 2. The molecule has 0 aliphatic carbocycles. The van der Waals surface area contributed by atoms with Gasteiger partial charge in [0.2, 0.25) is 0 Å². The molecule has 1 heterocycles. The molecule has 1 rings (SSSR count). The maximum Gasteiger partial charge on any atom is 0.148 e. The van der Waals surface area contributed by atoms with Crippen LogP contribution in [0.15, 0.2) is 12.3 Å². The van der Waals surface area contributed by atoms with Gasteiger partial charge in [-0.05, 0) is 26.3 Å². The highest BCUT2D eigenvalue weighted by atomic mass is 32.2. The molecule has 0 aromatic carbocycles. The van der Waals surface area contributed by atoms with Crippen LogP contribution in [-0.2, 0) is 16.4 Å². The van der Waals surface area contributed by atoms with Crippen LogP contribution in [0.25, 0.3) is 0 Å². The first kappa shape index (κ1) is 15.2. The van der Waals surface area contributed by atoms with Crippen LogP contribution >= 0.6 is 0 Å². The SMILES string of the molecule is CCC(C)n1ccc(CNC(C)CS(C)(=O)=O)n1. The third kappa shape index (κ3) is 5.18. The van der Waals surface area contributed by atoms with Crippen LogP contribution in [0, 0.1) is 0 Å². The molecule has 1 aromatic heterocycles. The van der Waals surface area contributed by atoms with Crippen molar-refractivity contribution < 1.29 is 8.42 Å². The molecule has 18 heavy (non-hydrogen) atoms. The highest BCUT2D eigenvalue weighted by Crippen LogP contribution is 2.09. The van der Waals surface area contributed by atoms with Crippen molar-refractivity contribution >= 4 is 9.84 Å². The van der Waals surface area contributed by atoms with Crippen molar-refractivity contribution in [3.05, 3.63) is 18.0 Å². The van der Waals surface area contributed by atoms with Crippen LogP contribution in [0.1, 0.15) is 38.9 Å². The maximum atomic E-state index is 11.1. The number of rotatable bonds is 7. The zero-order valence-corrected chi connectivity index (χ0v) is 12.4. The summed E-state index contributed by atoms with van der Waals surface area (Å²) in [7, 11) is -2.93. The monoisotopic (exact) mass is 273 g/mol. The number of nitrogens with zero attached hydrogens (tertiary/aromatic N) is 2. The Labute approximate surface area is 109 Å². The van der Waals surface area contributed by atoms with Crippen LogP contribution in [-0.4, -0.2) is 36.2 Å². The number of nitrogens with one attached hydrogen (secondary N) is 1. The zero-order valence-electron chi connectivity index (χ0n) is 11.5. The third-order valence-electron chi connectivity index (χ3n) is 2.89. The van der Waals surface area contributed by atoms with E-state index in [-0.39, 0.29) is 11.8 Å². The van der Waals surface area contributed by atoms with Crippen molar-refractivity contribution in [1.29, 1.82) is 0 Å². The Morgan fingerprint density at radius 3 is 2.67 bits per heavy atom. The van der Waals surface area contributed by atoms with E-state index in [1.54, 1.807) is 0 Å². The summed E-state index contributed by atoms with van der Waals surface area (Å²) < 4.78 is 24.2. The summed E-state index contributed by atoms with van der Waals surface area (Å²) >= 11 is 0. The second-order valence-corrected chi connectivity index (χ2v) is 7.10. The van der Waals surface area contributed by atoms with Gasteiger partial charge >= 0.3 is 0 Å². The third-order valence-corrected chi connectivity index (χ3v) is 4.00. The lowest BCUT2D eigenvalue weighted by Crippen LogP contribution is -2.32. The highest BCUT2D eigenvalue weighted by Gasteiger charge is 2.11. The van der Waals surface area contributed by atoms with E-state index in [0.717, 1.165) is 12.1 Å². The minimum atomic E-state index is -2.93. The molecule has 0 saturated carbocycles. The molecule has 0 spiro atoms. The summed E-state index contributed by atoms with van der Waals surface area (Å²) in [5, 5.41) is 7.62. The number of hydrogen-bond acceptors (Lipinski definition) is 4. The average Bonchev–Trinajstić information content (AvgIpc) is 2.71. The van der Waals surface area contributed by atoms with Gasteiger partial charge in [0.05, 0.1) is 11.4 Å². The normalized spacial score (nSPS) is 15.6. The number of hydrogen-bond donors (Lipinski definition) is 1. The Bertz CT molecular complexity index is 467. The Morgan fingerprint density at radius 2 is 2.11 bits per heavy atom. The van der Waals surface area contributed by atoms with E-state index in [9.17, 15) is 8.42 Å². The first-order valence-electron chi connectivity index (χ1n) is 6.27. The fourth-order valence-corrected chi connectivity index (χ4v) is 2.72. The van der Waals surface area contributed by atoms with E-state index in [2.05, 4.69) is 24.3 Å². The first-order valence-corrected chi connectivity index (χ1v) is 8.33. The van der Waals surface area contributed by atoms with Crippen molar-refractivity contribution in [2.45, 2.75) is 45.8 Å². The molecule has 0 aliphatic rings. The van der Waals surface area contributed by atoms with E-state index in [1.165, 1.54) is 6.26 Å². The fraction of sp³-hybridized carbons (Fsp3) is 0.750. The van der Waals surface area contributed by atoms with Gasteiger partial charge in [0.25, 0.3) is 0 Å². The molecule has 2 unspecified atom stereocenters. The first-order chi connectivity index (χ1) is 8.31. The van der Waals surface area contributed by atoms with E-state index in [0.29, 0.717) is 12.6 Å². The van der Waals surface area contributed by atoms with Gasteiger partial charge in [0.15, 0.2) is 0 Å². The van der Waals surface area contributed by atoms with Crippen LogP contribution in [0.3, 0.4) is 0 Å². The Morgan fingerprint density at radius 1 is 1.44 bits per heavy atom. The van der Waals surface area contributed by atoms with Gasteiger partial charge in [0, 0.05) is 31.1 Å². The second-order valence-electron chi connectivity index (χ2n) is 4.92. The smallest absolute Gasteiger partial charge is 0.148 e. The Kier molecular flexibility index (Phi) is 5.34. The van der Waals surface area contributed by atoms with E-state index < -0.39 is 9.84 Å². The van der Waals surface area contributed by atoms with Crippen molar-refractivity contribution in [2.24, 2.45) is 0 Å². The van der Waals surface area contributed by atoms with Crippen LogP contribution in [0.2, 0.25) is 0 Å². The summed E-state index contributed by atoms with van der Waals surface area (Å²) in [6.45, 7) is 6.71. The standard InChI is InChI=1S/C12H23N3O2S/c1-5-11(3)15-7-6-12(14-15)8-13-10(2)9-18(4,16)17/h6-7,10-11,13H,5,8-9H2,1-4H3. The molecule has 6 heteroatoms. The van der Waals surface area contributed by atoms with Gasteiger partial charge < -0.3 is 5.32 Å². The average molecular weight is 273 g/mol. The second kappa shape index (κ2) is 6.33. The molecule has 5 nitrogen and oxygen atoms in total. The lowest BCUT2D eigenvalue weighted by Gasteiger charge is -2.11. The Hall–Kier alpha value is -0.880. The Balaban J connectivity index is 2.46. The minimum absolute atomic E-state index is 0.0613. The van der Waals surface area contributed by atoms with Crippen molar-refractivity contribution in [2.75, 3.05) is 12.0 Å². The lowest BCUT2D eigenvalue weighted by molar-refractivity contribution is 0.469. The van der Waals surface area contributed by atoms with E-state index in [4.69, 9.17) is 0 Å². The zero-order chi connectivity index (χ0) is 13.8.